The first-order valence-corrected chi connectivity index (χ1v) is 7.59. The quantitative estimate of drug-likeness (QED) is 0.620. The maximum absolute atomic E-state index is 12.8. The fourth-order valence-corrected chi connectivity index (χ4v) is 2.72. The van der Waals surface area contributed by atoms with E-state index in [1.54, 1.807) is 4.90 Å². The molecule has 0 aromatic heterocycles. The van der Waals surface area contributed by atoms with Crippen molar-refractivity contribution >= 4 is 11.6 Å². The molecule has 1 aromatic rings. The SMILES string of the molecule is CCC1CN(C(=O)c2cc([N+](=O)[O-])cc3c2OCCO3)CCO1. The lowest BCUT2D eigenvalue weighted by Gasteiger charge is -2.33. The highest BCUT2D eigenvalue weighted by molar-refractivity contribution is 5.98. The summed E-state index contributed by atoms with van der Waals surface area (Å²) in [5.74, 6) is 0.234. The van der Waals surface area contributed by atoms with Crippen molar-refractivity contribution in [1.82, 2.24) is 4.90 Å². The molecule has 23 heavy (non-hydrogen) atoms. The number of ether oxygens (including phenoxy) is 3. The Hall–Kier alpha value is -2.35. The zero-order valence-electron chi connectivity index (χ0n) is 12.8. The summed E-state index contributed by atoms with van der Waals surface area (Å²) in [4.78, 5) is 25.0. The number of rotatable bonds is 3. The van der Waals surface area contributed by atoms with Gasteiger partial charge >= 0.3 is 0 Å². The summed E-state index contributed by atoms with van der Waals surface area (Å²) in [6, 6.07) is 2.55. The Morgan fingerprint density at radius 2 is 2.13 bits per heavy atom. The van der Waals surface area contributed by atoms with E-state index in [0.717, 1.165) is 6.42 Å². The number of carbonyl (C=O) groups excluding carboxylic acids is 1. The van der Waals surface area contributed by atoms with Crippen molar-refractivity contribution in [2.75, 3.05) is 32.9 Å². The van der Waals surface area contributed by atoms with Gasteiger partial charge in [0.15, 0.2) is 11.5 Å². The molecule has 0 N–H and O–H groups in total. The molecule has 8 nitrogen and oxygen atoms in total. The molecule has 1 saturated heterocycles. The number of hydrogen-bond donors (Lipinski definition) is 0. The number of nitro groups is 1. The van der Waals surface area contributed by atoms with Crippen molar-refractivity contribution in [1.29, 1.82) is 0 Å². The highest BCUT2D eigenvalue weighted by atomic mass is 16.6. The number of hydrogen-bond acceptors (Lipinski definition) is 6. The van der Waals surface area contributed by atoms with E-state index in [1.807, 2.05) is 6.92 Å². The summed E-state index contributed by atoms with van der Waals surface area (Å²) in [6.45, 7) is 3.98. The van der Waals surface area contributed by atoms with Crippen molar-refractivity contribution in [3.8, 4) is 11.5 Å². The summed E-state index contributed by atoms with van der Waals surface area (Å²) >= 11 is 0. The zero-order valence-corrected chi connectivity index (χ0v) is 12.8. The van der Waals surface area contributed by atoms with E-state index in [4.69, 9.17) is 14.2 Å². The van der Waals surface area contributed by atoms with E-state index in [2.05, 4.69) is 0 Å². The predicted octanol–water partition coefficient (Wildman–Crippen LogP) is 1.62. The Bertz CT molecular complexity index is 633. The van der Waals surface area contributed by atoms with Gasteiger partial charge in [0.2, 0.25) is 0 Å². The van der Waals surface area contributed by atoms with Gasteiger partial charge in [0.1, 0.15) is 13.2 Å². The number of nitrogens with zero attached hydrogens (tertiary/aromatic N) is 2. The van der Waals surface area contributed by atoms with Gasteiger partial charge in [0.05, 0.1) is 29.3 Å². The van der Waals surface area contributed by atoms with Crippen molar-refractivity contribution < 1.29 is 23.9 Å². The molecule has 2 aliphatic heterocycles. The van der Waals surface area contributed by atoms with Crippen LogP contribution >= 0.6 is 0 Å². The molecule has 1 amide bonds. The van der Waals surface area contributed by atoms with Crippen LogP contribution in [0.5, 0.6) is 11.5 Å². The summed E-state index contributed by atoms with van der Waals surface area (Å²) in [5, 5.41) is 11.1. The molecule has 0 aliphatic carbocycles. The predicted molar refractivity (Wildman–Crippen MR) is 80.0 cm³/mol. The first-order chi connectivity index (χ1) is 11.1. The van der Waals surface area contributed by atoms with Crippen LogP contribution in [-0.4, -0.2) is 54.7 Å². The minimum absolute atomic E-state index is 0.0145. The highest BCUT2D eigenvalue weighted by Crippen LogP contribution is 2.38. The molecule has 2 heterocycles. The van der Waals surface area contributed by atoms with E-state index < -0.39 is 4.92 Å². The van der Waals surface area contributed by atoms with Crippen LogP contribution in [-0.2, 0) is 4.74 Å². The molecule has 0 bridgehead atoms. The lowest BCUT2D eigenvalue weighted by atomic mass is 10.1. The van der Waals surface area contributed by atoms with Gasteiger partial charge in [-0.05, 0) is 6.42 Å². The van der Waals surface area contributed by atoms with Gasteiger partial charge in [-0.2, -0.15) is 0 Å². The first kappa shape index (κ1) is 15.5. The third kappa shape index (κ3) is 3.07. The molecule has 0 spiro atoms. The van der Waals surface area contributed by atoms with Gasteiger partial charge in [-0.25, -0.2) is 0 Å². The monoisotopic (exact) mass is 322 g/mol. The van der Waals surface area contributed by atoms with Gasteiger partial charge in [-0.1, -0.05) is 6.92 Å². The van der Waals surface area contributed by atoms with Gasteiger partial charge in [0.25, 0.3) is 11.6 Å². The maximum atomic E-state index is 12.8. The molecule has 3 rings (SSSR count). The number of carbonyl (C=O) groups is 1. The van der Waals surface area contributed by atoms with Crippen LogP contribution in [0, 0.1) is 10.1 Å². The molecule has 2 aliphatic rings. The summed E-state index contributed by atoms with van der Waals surface area (Å²) < 4.78 is 16.5. The molecular formula is C15H18N2O6. The Morgan fingerprint density at radius 3 is 2.87 bits per heavy atom. The highest BCUT2D eigenvalue weighted by Gasteiger charge is 2.30. The van der Waals surface area contributed by atoms with Crippen LogP contribution in [0.25, 0.3) is 0 Å². The number of benzene rings is 1. The molecule has 1 aromatic carbocycles. The normalized spacial score (nSPS) is 20.2. The summed E-state index contributed by atoms with van der Waals surface area (Å²) in [5.41, 5.74) is -0.0106. The second-order valence-corrected chi connectivity index (χ2v) is 5.43. The first-order valence-electron chi connectivity index (χ1n) is 7.59. The molecular weight excluding hydrogens is 304 g/mol. The number of fused-ring (bicyclic) bond motifs is 1. The van der Waals surface area contributed by atoms with E-state index in [9.17, 15) is 14.9 Å². The van der Waals surface area contributed by atoms with Crippen molar-refractivity contribution in [2.24, 2.45) is 0 Å². The Balaban J connectivity index is 1.95. The second-order valence-electron chi connectivity index (χ2n) is 5.43. The number of non-ortho nitro benzene ring substituents is 1. The fourth-order valence-electron chi connectivity index (χ4n) is 2.72. The number of amides is 1. The lowest BCUT2D eigenvalue weighted by Crippen LogP contribution is -2.45. The van der Waals surface area contributed by atoms with Gasteiger partial charge in [-0.3, -0.25) is 14.9 Å². The summed E-state index contributed by atoms with van der Waals surface area (Å²) in [6.07, 6.45) is 0.788. The zero-order chi connectivity index (χ0) is 16.4. The summed E-state index contributed by atoms with van der Waals surface area (Å²) in [7, 11) is 0. The molecule has 1 fully saturated rings. The minimum Gasteiger partial charge on any atom is -0.486 e. The number of nitro benzene ring substituents is 1. The average Bonchev–Trinajstić information content (AvgIpc) is 2.60. The molecule has 1 unspecified atom stereocenters. The largest absolute Gasteiger partial charge is 0.486 e. The van der Waals surface area contributed by atoms with Gasteiger partial charge in [-0.15, -0.1) is 0 Å². The molecule has 0 saturated carbocycles. The Kier molecular flexibility index (Phi) is 4.33. The maximum Gasteiger partial charge on any atom is 0.274 e. The van der Waals surface area contributed by atoms with Crippen molar-refractivity contribution in [3.63, 3.8) is 0 Å². The number of morpholine rings is 1. The van der Waals surface area contributed by atoms with Crippen LogP contribution in [0.4, 0.5) is 5.69 Å². The minimum atomic E-state index is -0.539. The van der Waals surface area contributed by atoms with Crippen LogP contribution < -0.4 is 9.47 Å². The van der Waals surface area contributed by atoms with Crippen molar-refractivity contribution in [3.05, 3.63) is 27.8 Å². The fraction of sp³-hybridized carbons (Fsp3) is 0.533. The van der Waals surface area contributed by atoms with E-state index in [-0.39, 0.29) is 34.8 Å². The van der Waals surface area contributed by atoms with Crippen LogP contribution in [0.15, 0.2) is 12.1 Å². The topological polar surface area (TPSA) is 91.1 Å². The Morgan fingerprint density at radius 1 is 1.35 bits per heavy atom. The van der Waals surface area contributed by atoms with Crippen LogP contribution in [0.2, 0.25) is 0 Å². The van der Waals surface area contributed by atoms with Crippen LogP contribution in [0.3, 0.4) is 0 Å². The van der Waals surface area contributed by atoms with Gasteiger partial charge < -0.3 is 19.1 Å². The lowest BCUT2D eigenvalue weighted by molar-refractivity contribution is -0.385. The van der Waals surface area contributed by atoms with E-state index >= 15 is 0 Å². The third-order valence-electron chi connectivity index (χ3n) is 3.95. The Labute approximate surface area is 133 Å². The van der Waals surface area contributed by atoms with Crippen molar-refractivity contribution in [2.45, 2.75) is 19.4 Å². The molecule has 124 valence electrons. The second kappa shape index (κ2) is 6.41. The van der Waals surface area contributed by atoms with E-state index in [1.165, 1.54) is 12.1 Å². The molecule has 8 heteroatoms. The smallest absolute Gasteiger partial charge is 0.274 e. The standard InChI is InChI=1S/C15H18N2O6/c1-2-11-9-16(3-4-21-11)15(18)12-7-10(17(19)20)8-13-14(12)23-6-5-22-13/h7-8,11H,2-6,9H2,1H3. The van der Waals surface area contributed by atoms with Gasteiger partial charge in [0, 0.05) is 19.2 Å². The third-order valence-corrected chi connectivity index (χ3v) is 3.95. The average molecular weight is 322 g/mol. The molecule has 1 atom stereocenters. The molecule has 0 radical (unpaired) electrons. The van der Waals surface area contributed by atoms with Crippen LogP contribution in [0.1, 0.15) is 23.7 Å². The van der Waals surface area contributed by atoms with E-state index in [0.29, 0.717) is 32.9 Å².